The molecule has 1 aliphatic heterocycles. The van der Waals surface area contributed by atoms with Gasteiger partial charge in [-0.15, -0.1) is 0 Å². The zero-order chi connectivity index (χ0) is 14.2. The summed E-state index contributed by atoms with van der Waals surface area (Å²) >= 11 is 5.89. The van der Waals surface area contributed by atoms with Gasteiger partial charge >= 0.3 is 0 Å². The van der Waals surface area contributed by atoms with Crippen LogP contribution in [0.4, 0.5) is 0 Å². The monoisotopic (exact) mass is 305 g/mol. The fourth-order valence-corrected chi connectivity index (χ4v) is 4.43. The van der Waals surface area contributed by atoms with E-state index in [4.69, 9.17) is 11.6 Å². The molecule has 1 atom stereocenters. The summed E-state index contributed by atoms with van der Waals surface area (Å²) < 4.78 is 27.6. The van der Waals surface area contributed by atoms with E-state index in [1.165, 1.54) is 29.2 Å². The molecule has 0 N–H and O–H groups in total. The lowest BCUT2D eigenvalue weighted by Crippen LogP contribution is -2.42. The van der Waals surface area contributed by atoms with Gasteiger partial charge in [0, 0.05) is 26.1 Å². The molecule has 1 saturated heterocycles. The normalized spacial score (nSPS) is 21.5. The SMILES string of the molecule is CC(=O)C1CCCN(S(=O)(=O)c2c(Cl)cnn2C)C1. The predicted molar refractivity (Wildman–Crippen MR) is 70.4 cm³/mol. The van der Waals surface area contributed by atoms with Crippen molar-refractivity contribution in [2.45, 2.75) is 24.8 Å². The maximum Gasteiger partial charge on any atom is 0.261 e. The summed E-state index contributed by atoms with van der Waals surface area (Å²) in [6.07, 6.45) is 2.72. The first kappa shape index (κ1) is 14.5. The molecule has 1 fully saturated rings. The van der Waals surface area contributed by atoms with Gasteiger partial charge in [-0.25, -0.2) is 8.42 Å². The van der Waals surface area contributed by atoms with Crippen LogP contribution in [0.1, 0.15) is 19.8 Å². The van der Waals surface area contributed by atoms with Crippen molar-refractivity contribution in [2.24, 2.45) is 13.0 Å². The lowest BCUT2D eigenvalue weighted by molar-refractivity contribution is -0.121. The lowest BCUT2D eigenvalue weighted by atomic mass is 9.96. The highest BCUT2D eigenvalue weighted by Crippen LogP contribution is 2.27. The van der Waals surface area contributed by atoms with Crippen molar-refractivity contribution in [1.29, 1.82) is 0 Å². The minimum Gasteiger partial charge on any atom is -0.300 e. The number of piperidine rings is 1. The van der Waals surface area contributed by atoms with Crippen LogP contribution in [-0.4, -0.2) is 41.4 Å². The summed E-state index contributed by atoms with van der Waals surface area (Å²) in [7, 11) is -2.16. The van der Waals surface area contributed by atoms with E-state index in [1.807, 2.05) is 0 Å². The summed E-state index contributed by atoms with van der Waals surface area (Å²) in [6.45, 7) is 2.13. The number of halogens is 1. The van der Waals surface area contributed by atoms with E-state index in [2.05, 4.69) is 5.10 Å². The molecule has 1 unspecified atom stereocenters. The fourth-order valence-electron chi connectivity index (χ4n) is 2.30. The van der Waals surface area contributed by atoms with Crippen LogP contribution in [-0.2, 0) is 21.9 Å². The lowest BCUT2D eigenvalue weighted by Gasteiger charge is -2.30. The highest BCUT2D eigenvalue weighted by molar-refractivity contribution is 7.89. The third-order valence-corrected chi connectivity index (χ3v) is 5.76. The van der Waals surface area contributed by atoms with Crippen molar-refractivity contribution in [3.05, 3.63) is 11.2 Å². The second-order valence-corrected chi connectivity index (χ2v) is 6.99. The van der Waals surface area contributed by atoms with E-state index < -0.39 is 10.0 Å². The minimum absolute atomic E-state index is 0.0154. The molecule has 0 saturated carbocycles. The number of carbonyl (C=O) groups excluding carboxylic acids is 1. The number of aryl methyl sites for hydroxylation is 1. The molecule has 0 radical (unpaired) electrons. The second kappa shape index (κ2) is 5.22. The van der Waals surface area contributed by atoms with E-state index >= 15 is 0 Å². The molecule has 0 bridgehead atoms. The zero-order valence-corrected chi connectivity index (χ0v) is 12.4. The van der Waals surface area contributed by atoms with Crippen molar-refractivity contribution in [3.8, 4) is 0 Å². The topological polar surface area (TPSA) is 72.3 Å². The Morgan fingerprint density at radius 3 is 2.74 bits per heavy atom. The minimum atomic E-state index is -3.70. The Kier molecular flexibility index (Phi) is 3.98. The molecule has 19 heavy (non-hydrogen) atoms. The van der Waals surface area contributed by atoms with E-state index in [0.29, 0.717) is 13.0 Å². The number of carbonyl (C=O) groups is 1. The standard InChI is InChI=1S/C11H16ClN3O3S/c1-8(16)9-4-3-5-15(7-9)19(17,18)11-10(12)6-13-14(11)2/h6,9H,3-5,7H2,1-2H3. The summed E-state index contributed by atoms with van der Waals surface area (Å²) in [5, 5.41) is 3.93. The Labute approximate surface area is 117 Å². The summed E-state index contributed by atoms with van der Waals surface area (Å²) in [5.74, 6) is -0.202. The Hall–Kier alpha value is -0.920. The third-order valence-electron chi connectivity index (χ3n) is 3.39. The molecule has 1 aliphatic rings. The first-order chi connectivity index (χ1) is 8.84. The van der Waals surface area contributed by atoms with Crippen LogP contribution in [0.2, 0.25) is 5.02 Å². The van der Waals surface area contributed by atoms with Gasteiger partial charge in [0.1, 0.15) is 5.78 Å². The summed E-state index contributed by atoms with van der Waals surface area (Å²) in [6, 6.07) is 0. The van der Waals surface area contributed by atoms with Gasteiger partial charge in [0.2, 0.25) is 0 Å². The van der Waals surface area contributed by atoms with E-state index in [1.54, 1.807) is 0 Å². The zero-order valence-electron chi connectivity index (χ0n) is 10.8. The largest absolute Gasteiger partial charge is 0.300 e. The van der Waals surface area contributed by atoms with Crippen LogP contribution in [0.25, 0.3) is 0 Å². The molecule has 1 aromatic rings. The Morgan fingerprint density at radius 1 is 1.53 bits per heavy atom. The number of Topliss-reactive ketones (excluding diaryl/α,β-unsaturated/α-hetero) is 1. The molecule has 0 amide bonds. The highest BCUT2D eigenvalue weighted by atomic mass is 35.5. The molecular weight excluding hydrogens is 290 g/mol. The van der Waals surface area contributed by atoms with Gasteiger partial charge in [0.05, 0.1) is 11.2 Å². The predicted octanol–water partition coefficient (Wildman–Crippen LogP) is 1.06. The van der Waals surface area contributed by atoms with Gasteiger partial charge in [-0.2, -0.15) is 9.40 Å². The van der Waals surface area contributed by atoms with Gasteiger partial charge in [-0.1, -0.05) is 11.6 Å². The number of rotatable bonds is 3. The smallest absolute Gasteiger partial charge is 0.261 e. The Balaban J connectivity index is 2.32. The molecule has 8 heteroatoms. The molecule has 0 aliphatic carbocycles. The quantitative estimate of drug-likeness (QED) is 0.837. The van der Waals surface area contributed by atoms with Crippen LogP contribution in [0, 0.1) is 5.92 Å². The van der Waals surface area contributed by atoms with E-state index in [0.717, 1.165) is 6.42 Å². The Bertz CT molecular complexity index is 577. The van der Waals surface area contributed by atoms with E-state index in [9.17, 15) is 13.2 Å². The Morgan fingerprint density at radius 2 is 2.21 bits per heavy atom. The molecular formula is C11H16ClN3O3S. The fraction of sp³-hybridized carbons (Fsp3) is 0.636. The molecule has 2 heterocycles. The van der Waals surface area contributed by atoms with Crippen LogP contribution in [0.15, 0.2) is 11.2 Å². The van der Waals surface area contributed by atoms with Gasteiger partial charge in [0.25, 0.3) is 10.0 Å². The molecule has 2 rings (SSSR count). The number of hydrogen-bond acceptors (Lipinski definition) is 4. The molecule has 6 nitrogen and oxygen atoms in total. The number of hydrogen-bond donors (Lipinski definition) is 0. The van der Waals surface area contributed by atoms with Gasteiger partial charge in [-0.05, 0) is 19.8 Å². The van der Waals surface area contributed by atoms with Crippen molar-refractivity contribution in [2.75, 3.05) is 13.1 Å². The van der Waals surface area contributed by atoms with Gasteiger partial charge in [-0.3, -0.25) is 9.48 Å². The number of ketones is 1. The maximum atomic E-state index is 12.5. The van der Waals surface area contributed by atoms with Crippen molar-refractivity contribution < 1.29 is 13.2 Å². The molecule has 1 aromatic heterocycles. The maximum absolute atomic E-state index is 12.5. The number of nitrogens with zero attached hydrogens (tertiary/aromatic N) is 3. The number of aromatic nitrogens is 2. The van der Waals surface area contributed by atoms with Crippen LogP contribution in [0.5, 0.6) is 0 Å². The van der Waals surface area contributed by atoms with E-state index in [-0.39, 0.29) is 28.3 Å². The first-order valence-electron chi connectivity index (χ1n) is 6.02. The number of sulfonamides is 1. The van der Waals surface area contributed by atoms with Crippen molar-refractivity contribution >= 4 is 27.4 Å². The average Bonchev–Trinajstić information content (AvgIpc) is 2.69. The molecule has 106 valence electrons. The van der Waals surface area contributed by atoms with Gasteiger partial charge in [0.15, 0.2) is 5.03 Å². The van der Waals surface area contributed by atoms with Crippen LogP contribution in [0.3, 0.4) is 0 Å². The third kappa shape index (κ3) is 2.68. The molecule has 0 aromatic carbocycles. The highest BCUT2D eigenvalue weighted by Gasteiger charge is 2.35. The summed E-state index contributed by atoms with van der Waals surface area (Å²) in [4.78, 5) is 11.4. The molecule has 0 spiro atoms. The van der Waals surface area contributed by atoms with Crippen molar-refractivity contribution in [3.63, 3.8) is 0 Å². The first-order valence-corrected chi connectivity index (χ1v) is 7.84. The second-order valence-electron chi connectivity index (χ2n) is 4.73. The van der Waals surface area contributed by atoms with Gasteiger partial charge < -0.3 is 0 Å². The van der Waals surface area contributed by atoms with Crippen LogP contribution < -0.4 is 0 Å². The van der Waals surface area contributed by atoms with Crippen molar-refractivity contribution in [1.82, 2.24) is 14.1 Å². The van der Waals surface area contributed by atoms with Crippen LogP contribution >= 0.6 is 11.6 Å². The summed E-state index contributed by atoms with van der Waals surface area (Å²) in [5.41, 5.74) is 0. The average molecular weight is 306 g/mol.